The van der Waals surface area contributed by atoms with Gasteiger partial charge >= 0.3 is 0 Å². The van der Waals surface area contributed by atoms with Gasteiger partial charge in [0.15, 0.2) is 5.96 Å². The van der Waals surface area contributed by atoms with Gasteiger partial charge in [0.05, 0.1) is 19.5 Å². The summed E-state index contributed by atoms with van der Waals surface area (Å²) in [5.41, 5.74) is 1.37. The summed E-state index contributed by atoms with van der Waals surface area (Å²) < 4.78 is 13.3. The van der Waals surface area contributed by atoms with E-state index in [1.165, 1.54) is 5.56 Å². The van der Waals surface area contributed by atoms with Crippen molar-refractivity contribution >= 4 is 5.96 Å². The zero-order chi connectivity index (χ0) is 21.7. The number of hydrogen-bond acceptors (Lipinski definition) is 4. The van der Waals surface area contributed by atoms with Crippen LogP contribution >= 0.6 is 0 Å². The summed E-state index contributed by atoms with van der Waals surface area (Å²) in [5, 5.41) is 3.72. The number of nitrogens with one attached hydrogen (secondary N) is 1. The molecule has 4 rings (SSSR count). The minimum atomic E-state index is 0.0350. The van der Waals surface area contributed by atoms with Crippen LogP contribution < -0.4 is 10.1 Å². The molecule has 2 aliphatic rings. The Morgan fingerprint density at radius 2 is 2.06 bits per heavy atom. The first-order valence-electron chi connectivity index (χ1n) is 11.3. The van der Waals surface area contributed by atoms with Crippen molar-refractivity contribution in [1.82, 2.24) is 19.8 Å². The van der Waals surface area contributed by atoms with Gasteiger partial charge in [-0.2, -0.15) is 0 Å². The van der Waals surface area contributed by atoms with Gasteiger partial charge in [-0.25, -0.2) is 4.98 Å². The summed E-state index contributed by atoms with van der Waals surface area (Å²) in [6.45, 7) is 6.71. The third-order valence-electron chi connectivity index (χ3n) is 7.07. The van der Waals surface area contributed by atoms with Crippen LogP contribution in [0, 0.1) is 5.92 Å². The number of aliphatic imine (C=N–C) groups is 1. The van der Waals surface area contributed by atoms with Crippen LogP contribution in [0.25, 0.3) is 0 Å². The van der Waals surface area contributed by atoms with E-state index in [2.05, 4.69) is 62.1 Å². The fourth-order valence-corrected chi connectivity index (χ4v) is 4.95. The molecule has 1 N–H and O–H groups in total. The summed E-state index contributed by atoms with van der Waals surface area (Å²) in [6, 6.07) is 8.93. The van der Waals surface area contributed by atoms with E-state index in [-0.39, 0.29) is 5.41 Å². The van der Waals surface area contributed by atoms with E-state index < -0.39 is 0 Å². The van der Waals surface area contributed by atoms with Gasteiger partial charge < -0.3 is 24.3 Å². The standard InChI is InChI=1S/C24H35N5O2/c1-19-8-12-28(16-22(19)29-13-11-26-18-29)23(25-2)27-17-24(9-14-31-15-10-24)20-4-6-21(30-3)7-5-20/h4-7,11,13,18-19,22H,8-10,12,14-17H2,1-3H3,(H,25,27). The Bertz CT molecular complexity index is 843. The van der Waals surface area contributed by atoms with Crippen molar-refractivity contribution < 1.29 is 9.47 Å². The van der Waals surface area contributed by atoms with Crippen molar-refractivity contribution in [2.75, 3.05) is 47.0 Å². The van der Waals surface area contributed by atoms with Crippen LogP contribution in [-0.2, 0) is 10.2 Å². The smallest absolute Gasteiger partial charge is 0.193 e. The van der Waals surface area contributed by atoms with Crippen LogP contribution in [-0.4, -0.2) is 67.4 Å². The largest absolute Gasteiger partial charge is 0.497 e. The van der Waals surface area contributed by atoms with E-state index in [0.717, 1.165) is 63.8 Å². The third-order valence-corrected chi connectivity index (χ3v) is 7.07. The lowest BCUT2D eigenvalue weighted by atomic mass is 9.74. The van der Waals surface area contributed by atoms with Crippen molar-refractivity contribution in [2.45, 2.75) is 37.6 Å². The number of guanidine groups is 1. The average Bonchev–Trinajstić information content (AvgIpc) is 3.36. The van der Waals surface area contributed by atoms with Crippen LogP contribution in [0.5, 0.6) is 5.75 Å². The fourth-order valence-electron chi connectivity index (χ4n) is 4.95. The number of piperidine rings is 1. The van der Waals surface area contributed by atoms with Crippen LogP contribution in [0.4, 0.5) is 0 Å². The molecule has 2 fully saturated rings. The fraction of sp³-hybridized carbons (Fsp3) is 0.583. The van der Waals surface area contributed by atoms with Gasteiger partial charge in [0.1, 0.15) is 5.75 Å². The lowest BCUT2D eigenvalue weighted by Crippen LogP contribution is -2.52. The molecule has 1 aromatic carbocycles. The number of nitrogens with zero attached hydrogens (tertiary/aromatic N) is 4. The van der Waals surface area contributed by atoms with Crippen LogP contribution in [0.3, 0.4) is 0 Å². The number of ether oxygens (including phenoxy) is 2. The molecule has 0 saturated carbocycles. The van der Waals surface area contributed by atoms with Crippen LogP contribution in [0.2, 0.25) is 0 Å². The highest BCUT2D eigenvalue weighted by atomic mass is 16.5. The number of rotatable bonds is 5. The normalized spacial score (nSPS) is 24.1. The van der Waals surface area contributed by atoms with E-state index in [0.29, 0.717) is 12.0 Å². The Labute approximate surface area is 185 Å². The molecular formula is C24H35N5O2. The third kappa shape index (κ3) is 4.71. The molecule has 0 radical (unpaired) electrons. The van der Waals surface area contributed by atoms with Crippen LogP contribution in [0.1, 0.15) is 37.8 Å². The molecule has 1 aromatic heterocycles. The maximum absolute atomic E-state index is 5.71. The molecule has 2 atom stereocenters. The minimum Gasteiger partial charge on any atom is -0.497 e. The van der Waals surface area contributed by atoms with E-state index in [4.69, 9.17) is 9.47 Å². The molecule has 0 aliphatic carbocycles. The van der Waals surface area contributed by atoms with Crippen molar-refractivity contribution in [3.63, 3.8) is 0 Å². The summed E-state index contributed by atoms with van der Waals surface area (Å²) >= 11 is 0. The Kier molecular flexibility index (Phi) is 6.80. The predicted molar refractivity (Wildman–Crippen MR) is 123 cm³/mol. The number of benzene rings is 1. The molecule has 2 saturated heterocycles. The van der Waals surface area contributed by atoms with Gasteiger partial charge in [-0.15, -0.1) is 0 Å². The number of aromatic nitrogens is 2. The van der Waals surface area contributed by atoms with Crippen LogP contribution in [0.15, 0.2) is 48.0 Å². The second kappa shape index (κ2) is 9.73. The lowest BCUT2D eigenvalue weighted by Gasteiger charge is -2.42. The molecule has 7 nitrogen and oxygen atoms in total. The number of likely N-dealkylation sites (tertiary alicyclic amines) is 1. The van der Waals surface area contributed by atoms with Crippen molar-refractivity contribution in [2.24, 2.45) is 10.9 Å². The minimum absolute atomic E-state index is 0.0350. The van der Waals surface area contributed by atoms with Gasteiger partial charge in [0.2, 0.25) is 0 Å². The highest BCUT2D eigenvalue weighted by Crippen LogP contribution is 2.35. The zero-order valence-electron chi connectivity index (χ0n) is 19.0. The van der Waals surface area contributed by atoms with Gasteiger partial charge in [0.25, 0.3) is 0 Å². The highest BCUT2D eigenvalue weighted by Gasteiger charge is 2.36. The molecule has 7 heteroatoms. The summed E-state index contributed by atoms with van der Waals surface area (Å²) in [5.74, 6) is 2.49. The Morgan fingerprint density at radius 1 is 1.29 bits per heavy atom. The first-order valence-corrected chi connectivity index (χ1v) is 11.3. The van der Waals surface area contributed by atoms with E-state index >= 15 is 0 Å². The SMILES string of the molecule is CN=C(NCC1(c2ccc(OC)cc2)CCOCC1)N1CCC(C)C(n2ccnc2)C1. The Morgan fingerprint density at radius 3 is 2.71 bits per heavy atom. The van der Waals surface area contributed by atoms with Gasteiger partial charge in [0, 0.05) is 57.7 Å². The van der Waals surface area contributed by atoms with E-state index in [1.54, 1.807) is 7.11 Å². The van der Waals surface area contributed by atoms with Gasteiger partial charge in [-0.3, -0.25) is 4.99 Å². The Hall–Kier alpha value is -2.54. The second-order valence-electron chi connectivity index (χ2n) is 8.81. The lowest BCUT2D eigenvalue weighted by molar-refractivity contribution is 0.0510. The Balaban J connectivity index is 1.48. The molecule has 0 amide bonds. The molecule has 3 heterocycles. The summed E-state index contributed by atoms with van der Waals surface area (Å²) in [6.07, 6.45) is 9.00. The molecule has 2 aliphatic heterocycles. The number of imidazole rings is 1. The maximum atomic E-state index is 5.71. The summed E-state index contributed by atoms with van der Waals surface area (Å²) in [7, 11) is 3.60. The molecule has 0 spiro atoms. The molecule has 31 heavy (non-hydrogen) atoms. The van der Waals surface area contributed by atoms with Crippen molar-refractivity contribution in [3.05, 3.63) is 48.5 Å². The average molecular weight is 426 g/mol. The molecule has 168 valence electrons. The predicted octanol–water partition coefficient (Wildman–Crippen LogP) is 3.10. The summed E-state index contributed by atoms with van der Waals surface area (Å²) in [4.78, 5) is 11.3. The van der Waals surface area contributed by atoms with Gasteiger partial charge in [-0.05, 0) is 42.9 Å². The number of methoxy groups -OCH3 is 1. The molecular weight excluding hydrogens is 390 g/mol. The second-order valence-corrected chi connectivity index (χ2v) is 8.81. The molecule has 2 aromatic rings. The van der Waals surface area contributed by atoms with E-state index in [1.807, 2.05) is 19.6 Å². The molecule has 2 unspecified atom stereocenters. The zero-order valence-corrected chi connectivity index (χ0v) is 19.0. The molecule has 0 bridgehead atoms. The number of hydrogen-bond donors (Lipinski definition) is 1. The van der Waals surface area contributed by atoms with E-state index in [9.17, 15) is 0 Å². The quantitative estimate of drug-likeness (QED) is 0.589. The topological polar surface area (TPSA) is 63.9 Å². The monoisotopic (exact) mass is 425 g/mol. The highest BCUT2D eigenvalue weighted by molar-refractivity contribution is 5.80. The van der Waals surface area contributed by atoms with Crippen molar-refractivity contribution in [3.8, 4) is 5.75 Å². The first kappa shape index (κ1) is 21.7. The first-order chi connectivity index (χ1) is 15.1. The van der Waals surface area contributed by atoms with Gasteiger partial charge in [-0.1, -0.05) is 19.1 Å². The van der Waals surface area contributed by atoms with Crippen molar-refractivity contribution in [1.29, 1.82) is 0 Å². The maximum Gasteiger partial charge on any atom is 0.193 e.